The number of amides is 3. The SMILES string of the molecule is O=C(NCCCCCCOc1c(Cl)cc(COC(=O)ON2C(=O)CCC2=O)cc1Cl)OCC1c2ccccc2-c2ccccc21. The number of nitrogens with zero attached hydrogens (tertiary/aromatic N) is 1. The Morgan fingerprint density at radius 1 is 0.822 bits per heavy atom. The molecule has 236 valence electrons. The quantitative estimate of drug-likeness (QED) is 0.117. The number of nitrogens with one attached hydrogen (secondary N) is 1. The van der Waals surface area contributed by atoms with Crippen LogP contribution in [-0.2, 0) is 30.5 Å². The molecule has 0 radical (unpaired) electrons. The van der Waals surface area contributed by atoms with E-state index in [0.717, 1.165) is 25.7 Å². The molecular formula is C33H32Cl2N2O8. The van der Waals surface area contributed by atoms with Crippen LogP contribution in [0.5, 0.6) is 5.75 Å². The van der Waals surface area contributed by atoms with Gasteiger partial charge < -0.3 is 19.5 Å². The molecule has 1 heterocycles. The number of hydroxylamine groups is 2. The summed E-state index contributed by atoms with van der Waals surface area (Å²) < 4.78 is 16.3. The van der Waals surface area contributed by atoms with Gasteiger partial charge in [-0.05, 0) is 52.8 Å². The van der Waals surface area contributed by atoms with Crippen LogP contribution < -0.4 is 10.1 Å². The summed E-state index contributed by atoms with van der Waals surface area (Å²) in [6.07, 6.45) is 1.66. The highest BCUT2D eigenvalue weighted by Crippen LogP contribution is 2.44. The molecule has 1 N–H and O–H groups in total. The molecule has 0 aromatic heterocycles. The van der Waals surface area contributed by atoms with Gasteiger partial charge in [0.25, 0.3) is 11.8 Å². The zero-order valence-corrected chi connectivity index (χ0v) is 25.9. The first-order valence-corrected chi connectivity index (χ1v) is 15.5. The van der Waals surface area contributed by atoms with Gasteiger partial charge in [0.15, 0.2) is 5.75 Å². The topological polar surface area (TPSA) is 120 Å². The molecule has 0 unspecified atom stereocenters. The van der Waals surface area contributed by atoms with E-state index in [1.165, 1.54) is 34.4 Å². The van der Waals surface area contributed by atoms with Crippen molar-refractivity contribution in [1.29, 1.82) is 0 Å². The smallest absolute Gasteiger partial charge is 0.490 e. The van der Waals surface area contributed by atoms with Gasteiger partial charge in [-0.25, -0.2) is 9.59 Å². The van der Waals surface area contributed by atoms with Crippen LogP contribution in [0.15, 0.2) is 60.7 Å². The van der Waals surface area contributed by atoms with Crippen molar-refractivity contribution in [3.8, 4) is 16.9 Å². The highest BCUT2D eigenvalue weighted by Gasteiger charge is 2.33. The van der Waals surface area contributed by atoms with Gasteiger partial charge in [-0.3, -0.25) is 14.4 Å². The molecule has 0 saturated carbocycles. The van der Waals surface area contributed by atoms with Crippen LogP contribution in [0.4, 0.5) is 9.59 Å². The van der Waals surface area contributed by atoms with Gasteiger partial charge in [-0.2, -0.15) is 0 Å². The second-order valence-electron chi connectivity index (χ2n) is 10.6. The Kier molecular flexibility index (Phi) is 10.8. The molecule has 2 aliphatic rings. The largest absolute Gasteiger partial charge is 0.534 e. The van der Waals surface area contributed by atoms with Crippen molar-refractivity contribution in [3.05, 3.63) is 87.4 Å². The van der Waals surface area contributed by atoms with E-state index in [4.69, 9.17) is 37.4 Å². The fourth-order valence-corrected chi connectivity index (χ4v) is 5.97. The van der Waals surface area contributed by atoms with Crippen molar-refractivity contribution in [2.24, 2.45) is 0 Å². The molecule has 12 heteroatoms. The Hall–Kier alpha value is -4.28. The average molecular weight is 656 g/mol. The van der Waals surface area contributed by atoms with Crippen molar-refractivity contribution in [2.45, 2.75) is 51.0 Å². The van der Waals surface area contributed by atoms with Gasteiger partial charge in [-0.15, -0.1) is 0 Å². The number of ether oxygens (including phenoxy) is 3. The highest BCUT2D eigenvalue weighted by molar-refractivity contribution is 6.37. The zero-order chi connectivity index (χ0) is 31.8. The minimum atomic E-state index is -1.19. The second-order valence-corrected chi connectivity index (χ2v) is 11.4. The maximum atomic E-state index is 12.3. The van der Waals surface area contributed by atoms with Crippen molar-refractivity contribution in [3.63, 3.8) is 0 Å². The fourth-order valence-electron chi connectivity index (χ4n) is 5.33. The standard InChI is InChI=1S/C33H32Cl2N2O8/c34-27-17-21(19-44-33(41)45-37-29(38)13-14-30(37)39)18-28(35)31(27)42-16-8-2-1-7-15-36-32(40)43-20-26-24-11-5-3-9-22(24)23-10-4-6-12-25(23)26/h3-6,9-12,17-18,26H,1-2,7-8,13-16,19-20H2,(H,36,40). The molecule has 3 amide bonds. The predicted molar refractivity (Wildman–Crippen MR) is 166 cm³/mol. The minimum absolute atomic E-state index is 0.0142. The van der Waals surface area contributed by atoms with E-state index in [2.05, 4.69) is 34.4 Å². The van der Waals surface area contributed by atoms with E-state index in [9.17, 15) is 19.2 Å². The average Bonchev–Trinajstić information content (AvgIpc) is 3.52. The molecule has 3 aromatic carbocycles. The first-order valence-electron chi connectivity index (χ1n) is 14.7. The first kappa shape index (κ1) is 32.1. The van der Waals surface area contributed by atoms with E-state index >= 15 is 0 Å². The lowest BCUT2D eigenvalue weighted by Crippen LogP contribution is -2.32. The van der Waals surface area contributed by atoms with Gasteiger partial charge in [0.2, 0.25) is 0 Å². The van der Waals surface area contributed by atoms with Crippen molar-refractivity contribution in [2.75, 3.05) is 19.8 Å². The summed E-state index contributed by atoms with van der Waals surface area (Å²) in [5.74, 6) is -0.862. The van der Waals surface area contributed by atoms with Gasteiger partial charge in [0.1, 0.15) is 13.2 Å². The number of hydrogen-bond acceptors (Lipinski definition) is 8. The Bertz CT molecular complexity index is 1500. The molecule has 45 heavy (non-hydrogen) atoms. The number of alkyl carbamates (subject to hydrolysis) is 1. The number of benzene rings is 3. The number of carbonyl (C=O) groups excluding carboxylic acids is 4. The molecule has 3 aromatic rings. The van der Waals surface area contributed by atoms with Gasteiger partial charge in [0.05, 0.1) is 16.7 Å². The Balaban J connectivity index is 0.947. The molecule has 1 saturated heterocycles. The molecule has 10 nitrogen and oxygen atoms in total. The monoisotopic (exact) mass is 654 g/mol. The van der Waals surface area contributed by atoms with Crippen LogP contribution in [0.25, 0.3) is 11.1 Å². The summed E-state index contributed by atoms with van der Waals surface area (Å²) in [5, 5.41) is 3.72. The van der Waals surface area contributed by atoms with Crippen LogP contribution in [0.2, 0.25) is 10.0 Å². The second kappa shape index (κ2) is 15.1. The van der Waals surface area contributed by atoms with E-state index in [1.54, 1.807) is 0 Å². The van der Waals surface area contributed by atoms with Crippen LogP contribution in [0, 0.1) is 0 Å². The third-order valence-electron chi connectivity index (χ3n) is 7.52. The van der Waals surface area contributed by atoms with Crippen LogP contribution >= 0.6 is 23.2 Å². The first-order chi connectivity index (χ1) is 21.8. The fraction of sp³-hybridized carbons (Fsp3) is 0.333. The third-order valence-corrected chi connectivity index (χ3v) is 8.08. The van der Waals surface area contributed by atoms with Crippen LogP contribution in [-0.4, -0.2) is 48.9 Å². The predicted octanol–water partition coefficient (Wildman–Crippen LogP) is 7.19. The normalized spacial score (nSPS) is 13.8. The maximum Gasteiger partial charge on any atom is 0.534 e. The van der Waals surface area contributed by atoms with Gasteiger partial charge in [-0.1, -0.05) is 89.6 Å². The van der Waals surface area contributed by atoms with Crippen molar-refractivity contribution in [1.82, 2.24) is 10.4 Å². The molecule has 1 aliphatic carbocycles. The molecule has 1 aliphatic heterocycles. The third kappa shape index (κ3) is 8.06. The van der Waals surface area contributed by atoms with Crippen molar-refractivity contribution < 1.29 is 38.2 Å². The Labute approximate surface area is 270 Å². The minimum Gasteiger partial charge on any atom is -0.490 e. The number of carbonyl (C=O) groups is 4. The summed E-state index contributed by atoms with van der Waals surface area (Å²) in [6.45, 7) is 0.945. The summed E-state index contributed by atoms with van der Waals surface area (Å²) in [6, 6.07) is 19.5. The lowest BCUT2D eigenvalue weighted by molar-refractivity contribution is -0.177. The van der Waals surface area contributed by atoms with Gasteiger partial charge >= 0.3 is 12.2 Å². The highest BCUT2D eigenvalue weighted by atomic mass is 35.5. The number of imide groups is 1. The molecule has 1 fully saturated rings. The number of hydrogen-bond donors (Lipinski definition) is 1. The lowest BCUT2D eigenvalue weighted by atomic mass is 9.98. The van der Waals surface area contributed by atoms with Gasteiger partial charge in [0, 0.05) is 25.3 Å². The summed E-state index contributed by atoms with van der Waals surface area (Å²) in [5.41, 5.74) is 5.20. The molecule has 0 spiro atoms. The van der Waals surface area contributed by atoms with Crippen LogP contribution in [0.1, 0.15) is 61.1 Å². The van der Waals surface area contributed by atoms with E-state index in [-0.39, 0.29) is 42.0 Å². The lowest BCUT2D eigenvalue weighted by Gasteiger charge is -2.14. The number of rotatable bonds is 13. The van der Waals surface area contributed by atoms with E-state index in [1.807, 2.05) is 24.3 Å². The Morgan fingerprint density at radius 3 is 2.07 bits per heavy atom. The summed E-state index contributed by atoms with van der Waals surface area (Å²) >= 11 is 12.6. The molecule has 0 atom stereocenters. The van der Waals surface area contributed by atoms with Crippen LogP contribution in [0.3, 0.4) is 0 Å². The molecule has 0 bridgehead atoms. The number of halogens is 2. The Morgan fingerprint density at radius 2 is 1.42 bits per heavy atom. The number of fused-ring (bicyclic) bond motifs is 3. The molecular weight excluding hydrogens is 623 g/mol. The maximum absolute atomic E-state index is 12.3. The molecule has 5 rings (SSSR count). The summed E-state index contributed by atoms with van der Waals surface area (Å²) in [7, 11) is 0. The number of unbranched alkanes of at least 4 members (excludes halogenated alkanes) is 3. The van der Waals surface area contributed by atoms with E-state index < -0.39 is 24.1 Å². The summed E-state index contributed by atoms with van der Waals surface area (Å²) in [4.78, 5) is 51.9. The van der Waals surface area contributed by atoms with Crippen molar-refractivity contribution >= 4 is 47.3 Å². The van der Waals surface area contributed by atoms with E-state index in [0.29, 0.717) is 29.5 Å². The zero-order valence-electron chi connectivity index (χ0n) is 24.4.